The second-order valence-electron chi connectivity index (χ2n) is 3.84. The van der Waals surface area contributed by atoms with Crippen molar-refractivity contribution in [1.82, 2.24) is 0 Å². The van der Waals surface area contributed by atoms with Crippen molar-refractivity contribution in [2.45, 2.75) is 0 Å². The zero-order chi connectivity index (χ0) is 14.9. The standard InChI is InChI=1S/C13H7BrCl2INO2/c14-8-2-3-9(12(16)11(8)15)18-13(20)7-5-6(17)1-4-10(7)19/h1-5,19H,(H,18,20). The van der Waals surface area contributed by atoms with Gasteiger partial charge in [0.1, 0.15) is 5.75 Å². The molecule has 2 aromatic rings. The minimum absolute atomic E-state index is 0.0951. The lowest BCUT2D eigenvalue weighted by Gasteiger charge is -2.10. The number of halogens is 4. The highest BCUT2D eigenvalue weighted by Gasteiger charge is 2.15. The summed E-state index contributed by atoms with van der Waals surface area (Å²) in [6, 6.07) is 8.06. The van der Waals surface area contributed by atoms with E-state index in [1.54, 1.807) is 24.3 Å². The quantitative estimate of drug-likeness (QED) is 0.446. The Morgan fingerprint density at radius 3 is 2.60 bits per heavy atom. The van der Waals surface area contributed by atoms with Gasteiger partial charge in [0, 0.05) is 8.04 Å². The average Bonchev–Trinajstić information content (AvgIpc) is 2.42. The predicted octanol–water partition coefficient (Wildman–Crippen LogP) is 5.32. The molecule has 20 heavy (non-hydrogen) atoms. The summed E-state index contributed by atoms with van der Waals surface area (Å²) in [5, 5.41) is 12.9. The van der Waals surface area contributed by atoms with Gasteiger partial charge in [0.2, 0.25) is 0 Å². The van der Waals surface area contributed by atoms with E-state index in [2.05, 4.69) is 43.8 Å². The summed E-state index contributed by atoms with van der Waals surface area (Å²) >= 11 is 17.3. The first kappa shape index (κ1) is 15.9. The van der Waals surface area contributed by atoms with Crippen LogP contribution in [0, 0.1) is 3.57 Å². The molecule has 0 fully saturated rings. The summed E-state index contributed by atoms with van der Waals surface area (Å²) in [7, 11) is 0. The largest absolute Gasteiger partial charge is 0.507 e. The molecule has 0 aliphatic rings. The first-order chi connectivity index (χ1) is 9.40. The minimum atomic E-state index is -0.457. The molecule has 7 heteroatoms. The van der Waals surface area contributed by atoms with Crippen molar-refractivity contribution in [2.75, 3.05) is 5.32 Å². The Morgan fingerprint density at radius 2 is 1.90 bits per heavy atom. The third kappa shape index (κ3) is 3.39. The van der Waals surface area contributed by atoms with Gasteiger partial charge < -0.3 is 10.4 Å². The molecule has 1 amide bonds. The van der Waals surface area contributed by atoms with Gasteiger partial charge in [-0.15, -0.1) is 0 Å². The second-order valence-corrected chi connectivity index (χ2v) is 6.69. The molecule has 2 rings (SSSR count). The summed E-state index contributed by atoms with van der Waals surface area (Å²) < 4.78 is 1.48. The monoisotopic (exact) mass is 485 g/mol. The fourth-order valence-corrected chi connectivity index (χ4v) is 2.81. The summed E-state index contributed by atoms with van der Waals surface area (Å²) in [6.45, 7) is 0. The van der Waals surface area contributed by atoms with Crippen molar-refractivity contribution in [2.24, 2.45) is 0 Å². The molecule has 0 aromatic heterocycles. The van der Waals surface area contributed by atoms with E-state index < -0.39 is 5.91 Å². The number of hydrogen-bond donors (Lipinski definition) is 2. The van der Waals surface area contributed by atoms with Crippen molar-refractivity contribution in [3.05, 3.63) is 54.0 Å². The molecular formula is C13H7BrCl2INO2. The van der Waals surface area contributed by atoms with Crippen molar-refractivity contribution >= 4 is 73.3 Å². The van der Waals surface area contributed by atoms with Crippen LogP contribution in [-0.4, -0.2) is 11.0 Å². The number of benzene rings is 2. The highest BCUT2D eigenvalue weighted by molar-refractivity contribution is 14.1. The molecule has 0 aliphatic heterocycles. The van der Waals surface area contributed by atoms with E-state index in [9.17, 15) is 9.90 Å². The lowest BCUT2D eigenvalue weighted by molar-refractivity contribution is 0.102. The molecule has 0 aliphatic carbocycles. The number of phenols is 1. The zero-order valence-electron chi connectivity index (χ0n) is 9.75. The van der Waals surface area contributed by atoms with Crippen LogP contribution in [0.25, 0.3) is 0 Å². The van der Waals surface area contributed by atoms with Gasteiger partial charge in [-0.1, -0.05) is 23.2 Å². The summed E-state index contributed by atoms with van der Waals surface area (Å²) in [4.78, 5) is 12.1. The van der Waals surface area contributed by atoms with E-state index in [0.29, 0.717) is 15.2 Å². The van der Waals surface area contributed by atoms with Crippen LogP contribution in [-0.2, 0) is 0 Å². The summed E-state index contributed by atoms with van der Waals surface area (Å²) in [6.07, 6.45) is 0. The fourth-order valence-electron chi connectivity index (χ4n) is 1.50. The van der Waals surface area contributed by atoms with E-state index in [1.807, 2.05) is 0 Å². The van der Waals surface area contributed by atoms with Gasteiger partial charge in [0.15, 0.2) is 0 Å². The number of carbonyl (C=O) groups excluding carboxylic acids is 1. The Hall–Kier alpha value is -0.500. The number of aromatic hydroxyl groups is 1. The van der Waals surface area contributed by atoms with Crippen LogP contribution in [0.5, 0.6) is 5.75 Å². The third-order valence-electron chi connectivity index (χ3n) is 2.49. The average molecular weight is 487 g/mol. The van der Waals surface area contributed by atoms with E-state index in [4.69, 9.17) is 23.2 Å². The number of phenolic OH excluding ortho intramolecular Hbond substituents is 1. The molecule has 0 atom stereocenters. The first-order valence-electron chi connectivity index (χ1n) is 5.33. The Balaban J connectivity index is 2.33. The van der Waals surface area contributed by atoms with E-state index in [1.165, 1.54) is 6.07 Å². The topological polar surface area (TPSA) is 49.3 Å². The van der Waals surface area contributed by atoms with Crippen molar-refractivity contribution < 1.29 is 9.90 Å². The Kier molecular flexibility index (Phi) is 5.17. The third-order valence-corrected chi connectivity index (χ3v) is 4.93. The SMILES string of the molecule is O=C(Nc1ccc(Br)c(Cl)c1Cl)c1cc(I)ccc1O. The maximum absolute atomic E-state index is 12.1. The molecule has 0 radical (unpaired) electrons. The van der Waals surface area contributed by atoms with E-state index >= 15 is 0 Å². The highest BCUT2D eigenvalue weighted by Crippen LogP contribution is 2.36. The van der Waals surface area contributed by atoms with Crippen molar-refractivity contribution in [1.29, 1.82) is 0 Å². The maximum Gasteiger partial charge on any atom is 0.259 e. The summed E-state index contributed by atoms with van der Waals surface area (Å²) in [5.74, 6) is -0.552. The highest BCUT2D eigenvalue weighted by atomic mass is 127. The van der Waals surface area contributed by atoms with E-state index in [0.717, 1.165) is 3.57 Å². The minimum Gasteiger partial charge on any atom is -0.507 e. The normalized spacial score (nSPS) is 10.4. The molecule has 2 N–H and O–H groups in total. The van der Waals surface area contributed by atoms with Gasteiger partial charge in [-0.2, -0.15) is 0 Å². The molecule has 0 spiro atoms. The molecule has 0 saturated heterocycles. The molecule has 0 heterocycles. The van der Waals surface area contributed by atoms with Gasteiger partial charge in [-0.3, -0.25) is 4.79 Å². The number of anilines is 1. The van der Waals surface area contributed by atoms with Gasteiger partial charge in [0.05, 0.1) is 21.3 Å². The molecule has 0 unspecified atom stereocenters. The second kappa shape index (κ2) is 6.51. The van der Waals surface area contributed by atoms with Crippen LogP contribution in [0.15, 0.2) is 34.8 Å². The van der Waals surface area contributed by atoms with Crippen LogP contribution >= 0.6 is 61.7 Å². The number of hydrogen-bond acceptors (Lipinski definition) is 2. The van der Waals surface area contributed by atoms with Crippen LogP contribution in [0.2, 0.25) is 10.0 Å². The molecule has 2 aromatic carbocycles. The smallest absolute Gasteiger partial charge is 0.259 e. The Labute approximate surface area is 147 Å². The molecule has 3 nitrogen and oxygen atoms in total. The van der Waals surface area contributed by atoms with Gasteiger partial charge in [-0.25, -0.2) is 0 Å². The zero-order valence-corrected chi connectivity index (χ0v) is 15.0. The van der Waals surface area contributed by atoms with Gasteiger partial charge in [0.25, 0.3) is 5.91 Å². The van der Waals surface area contributed by atoms with Crippen LogP contribution in [0.3, 0.4) is 0 Å². The molecule has 0 saturated carbocycles. The van der Waals surface area contributed by atoms with E-state index in [-0.39, 0.29) is 16.3 Å². The lowest BCUT2D eigenvalue weighted by atomic mass is 10.2. The van der Waals surface area contributed by atoms with Crippen molar-refractivity contribution in [3.63, 3.8) is 0 Å². The predicted molar refractivity (Wildman–Crippen MR) is 92.9 cm³/mol. The molecule has 0 bridgehead atoms. The molecular weight excluding hydrogens is 480 g/mol. The molecule has 104 valence electrons. The van der Waals surface area contributed by atoms with Crippen molar-refractivity contribution in [3.8, 4) is 5.75 Å². The summed E-state index contributed by atoms with van der Waals surface area (Å²) in [5.41, 5.74) is 0.551. The number of nitrogens with one attached hydrogen (secondary N) is 1. The van der Waals surface area contributed by atoms with Gasteiger partial charge >= 0.3 is 0 Å². The number of rotatable bonds is 2. The number of carbonyl (C=O) groups is 1. The van der Waals surface area contributed by atoms with Gasteiger partial charge in [-0.05, 0) is 68.9 Å². The lowest BCUT2D eigenvalue weighted by Crippen LogP contribution is -2.12. The Bertz CT molecular complexity index is 694. The maximum atomic E-state index is 12.1. The Morgan fingerprint density at radius 1 is 1.20 bits per heavy atom. The van der Waals surface area contributed by atoms with Crippen LogP contribution in [0.4, 0.5) is 5.69 Å². The first-order valence-corrected chi connectivity index (χ1v) is 7.96. The fraction of sp³-hybridized carbons (Fsp3) is 0. The number of amides is 1. The van der Waals surface area contributed by atoms with Crippen LogP contribution < -0.4 is 5.32 Å². The van der Waals surface area contributed by atoms with Crippen LogP contribution in [0.1, 0.15) is 10.4 Å².